The zero-order chi connectivity index (χ0) is 17.3. The van der Waals surface area contributed by atoms with Gasteiger partial charge in [-0.15, -0.1) is 0 Å². The number of nitro benzene ring substituents is 1. The van der Waals surface area contributed by atoms with E-state index in [9.17, 15) is 19.7 Å². The number of para-hydroxylation sites is 1. The van der Waals surface area contributed by atoms with Gasteiger partial charge in [0.1, 0.15) is 0 Å². The standard InChI is InChI=1S/C16H12ClN3O4/c17-12-6-5-11(20(23)24)9-13(12)18-15(21)16(22)19-8-7-10-3-1-2-4-14(10)19/h1-6,9H,7-8H2,(H,18,21). The van der Waals surface area contributed by atoms with E-state index in [4.69, 9.17) is 11.6 Å². The molecular weight excluding hydrogens is 334 g/mol. The molecule has 0 fully saturated rings. The number of halogens is 1. The molecule has 1 N–H and O–H groups in total. The van der Waals surface area contributed by atoms with Gasteiger partial charge < -0.3 is 10.2 Å². The molecule has 0 bridgehead atoms. The highest BCUT2D eigenvalue weighted by Crippen LogP contribution is 2.29. The van der Waals surface area contributed by atoms with E-state index < -0.39 is 16.7 Å². The molecule has 0 aliphatic carbocycles. The van der Waals surface area contributed by atoms with Gasteiger partial charge in [-0.1, -0.05) is 29.8 Å². The molecule has 122 valence electrons. The number of fused-ring (bicyclic) bond motifs is 1. The highest BCUT2D eigenvalue weighted by atomic mass is 35.5. The topological polar surface area (TPSA) is 92.5 Å². The van der Waals surface area contributed by atoms with Crippen LogP contribution in [0.15, 0.2) is 42.5 Å². The van der Waals surface area contributed by atoms with Crippen LogP contribution in [0.4, 0.5) is 17.1 Å². The maximum Gasteiger partial charge on any atom is 0.316 e. The smallest absolute Gasteiger partial charge is 0.316 e. The molecule has 3 rings (SSSR count). The van der Waals surface area contributed by atoms with E-state index in [0.29, 0.717) is 18.7 Å². The number of amides is 2. The Kier molecular flexibility index (Phi) is 4.18. The van der Waals surface area contributed by atoms with Gasteiger partial charge in [-0.25, -0.2) is 0 Å². The summed E-state index contributed by atoms with van der Waals surface area (Å²) in [5.74, 6) is -1.63. The largest absolute Gasteiger partial charge is 0.316 e. The Morgan fingerprint density at radius 1 is 1.21 bits per heavy atom. The molecule has 0 radical (unpaired) electrons. The first-order valence-corrected chi connectivity index (χ1v) is 7.50. The second-order valence-electron chi connectivity index (χ2n) is 5.21. The zero-order valence-corrected chi connectivity index (χ0v) is 13.1. The van der Waals surface area contributed by atoms with Crippen LogP contribution in [0.2, 0.25) is 5.02 Å². The number of anilines is 2. The third-order valence-electron chi connectivity index (χ3n) is 3.74. The third-order valence-corrected chi connectivity index (χ3v) is 4.07. The normalized spacial score (nSPS) is 12.6. The minimum absolute atomic E-state index is 0.0247. The van der Waals surface area contributed by atoms with Crippen molar-refractivity contribution < 1.29 is 14.5 Å². The van der Waals surface area contributed by atoms with Crippen LogP contribution in [-0.4, -0.2) is 23.3 Å². The fourth-order valence-electron chi connectivity index (χ4n) is 2.57. The number of benzene rings is 2. The van der Waals surface area contributed by atoms with Gasteiger partial charge in [0.25, 0.3) is 5.69 Å². The number of hydrogen-bond donors (Lipinski definition) is 1. The number of nitro groups is 1. The van der Waals surface area contributed by atoms with E-state index in [-0.39, 0.29) is 16.4 Å². The van der Waals surface area contributed by atoms with E-state index in [2.05, 4.69) is 5.32 Å². The molecule has 2 aromatic carbocycles. The Bertz CT molecular complexity index is 853. The molecule has 24 heavy (non-hydrogen) atoms. The summed E-state index contributed by atoms with van der Waals surface area (Å²) in [6, 6.07) is 11.0. The molecule has 8 heteroatoms. The first-order chi connectivity index (χ1) is 11.5. The van der Waals surface area contributed by atoms with Crippen LogP contribution in [-0.2, 0) is 16.0 Å². The molecule has 1 heterocycles. The van der Waals surface area contributed by atoms with Crippen LogP contribution in [0.3, 0.4) is 0 Å². The molecule has 0 saturated heterocycles. The number of carbonyl (C=O) groups is 2. The predicted molar refractivity (Wildman–Crippen MR) is 89.2 cm³/mol. The molecule has 0 aromatic heterocycles. The minimum atomic E-state index is -0.894. The summed E-state index contributed by atoms with van der Waals surface area (Å²) in [4.78, 5) is 36.2. The summed E-state index contributed by atoms with van der Waals surface area (Å²) in [6.45, 7) is 0.411. The lowest BCUT2D eigenvalue weighted by Crippen LogP contribution is -2.38. The van der Waals surface area contributed by atoms with Crippen molar-refractivity contribution in [3.63, 3.8) is 0 Å². The number of nitrogens with one attached hydrogen (secondary N) is 1. The predicted octanol–water partition coefficient (Wildman–Crippen LogP) is 2.78. The Morgan fingerprint density at radius 2 is 1.96 bits per heavy atom. The Labute approximate surface area is 142 Å². The summed E-state index contributed by atoms with van der Waals surface area (Å²) in [6.07, 6.45) is 0.673. The van der Waals surface area contributed by atoms with E-state index in [0.717, 1.165) is 11.6 Å². The fourth-order valence-corrected chi connectivity index (χ4v) is 2.73. The molecule has 2 amide bonds. The summed E-state index contributed by atoms with van der Waals surface area (Å²) >= 11 is 5.93. The summed E-state index contributed by atoms with van der Waals surface area (Å²) in [5.41, 5.74) is 1.49. The van der Waals surface area contributed by atoms with Crippen LogP contribution < -0.4 is 10.2 Å². The average molecular weight is 346 g/mol. The van der Waals surface area contributed by atoms with Gasteiger partial charge in [-0.05, 0) is 24.1 Å². The Balaban J connectivity index is 1.80. The third kappa shape index (κ3) is 2.93. The number of non-ortho nitro benzene ring substituents is 1. The highest BCUT2D eigenvalue weighted by Gasteiger charge is 2.29. The first kappa shape index (κ1) is 15.9. The molecule has 0 spiro atoms. The number of nitrogens with zero attached hydrogens (tertiary/aromatic N) is 2. The summed E-state index contributed by atoms with van der Waals surface area (Å²) < 4.78 is 0. The van der Waals surface area contributed by atoms with Gasteiger partial charge in [0.15, 0.2) is 0 Å². The van der Waals surface area contributed by atoms with Gasteiger partial charge in [0.05, 0.1) is 15.6 Å². The van der Waals surface area contributed by atoms with Crippen molar-refractivity contribution in [1.29, 1.82) is 0 Å². The van der Waals surface area contributed by atoms with Crippen LogP contribution in [0.1, 0.15) is 5.56 Å². The van der Waals surface area contributed by atoms with Gasteiger partial charge in [-0.3, -0.25) is 19.7 Å². The fraction of sp³-hybridized carbons (Fsp3) is 0.125. The molecule has 7 nitrogen and oxygen atoms in total. The maximum absolute atomic E-state index is 12.4. The van der Waals surface area contributed by atoms with Crippen molar-refractivity contribution in [2.24, 2.45) is 0 Å². The number of rotatable bonds is 2. The molecule has 0 saturated carbocycles. The SMILES string of the molecule is O=C(Nc1cc([N+](=O)[O-])ccc1Cl)C(=O)N1CCc2ccccc21. The first-order valence-electron chi connectivity index (χ1n) is 7.12. The van der Waals surface area contributed by atoms with Crippen molar-refractivity contribution in [2.45, 2.75) is 6.42 Å². The van der Waals surface area contributed by atoms with E-state index >= 15 is 0 Å². The van der Waals surface area contributed by atoms with Crippen LogP contribution in [0, 0.1) is 10.1 Å². The molecule has 1 aliphatic rings. The summed E-state index contributed by atoms with van der Waals surface area (Å²) in [7, 11) is 0. The van der Waals surface area contributed by atoms with Gasteiger partial charge in [0, 0.05) is 24.4 Å². The lowest BCUT2D eigenvalue weighted by molar-refractivity contribution is -0.384. The lowest BCUT2D eigenvalue weighted by atomic mass is 10.2. The van der Waals surface area contributed by atoms with Crippen molar-refractivity contribution in [3.05, 3.63) is 63.2 Å². The molecule has 2 aromatic rings. The number of carbonyl (C=O) groups excluding carboxylic acids is 2. The molecular formula is C16H12ClN3O4. The second kappa shape index (κ2) is 6.29. The number of hydrogen-bond acceptors (Lipinski definition) is 4. The van der Waals surface area contributed by atoms with Crippen LogP contribution >= 0.6 is 11.6 Å². The van der Waals surface area contributed by atoms with Crippen LogP contribution in [0.25, 0.3) is 0 Å². The average Bonchev–Trinajstić information content (AvgIpc) is 2.99. The molecule has 0 atom stereocenters. The molecule has 0 unspecified atom stereocenters. The molecule has 1 aliphatic heterocycles. The zero-order valence-electron chi connectivity index (χ0n) is 12.4. The van der Waals surface area contributed by atoms with Crippen LogP contribution in [0.5, 0.6) is 0 Å². The monoisotopic (exact) mass is 345 g/mol. The van der Waals surface area contributed by atoms with Gasteiger partial charge in [-0.2, -0.15) is 0 Å². The lowest BCUT2D eigenvalue weighted by Gasteiger charge is -2.16. The van der Waals surface area contributed by atoms with Gasteiger partial charge >= 0.3 is 11.8 Å². The maximum atomic E-state index is 12.4. The van der Waals surface area contributed by atoms with E-state index in [1.165, 1.54) is 17.0 Å². The van der Waals surface area contributed by atoms with Crippen molar-refractivity contribution in [3.8, 4) is 0 Å². The Hall–Kier alpha value is -2.93. The highest BCUT2D eigenvalue weighted by molar-refractivity contribution is 6.45. The summed E-state index contributed by atoms with van der Waals surface area (Å²) in [5, 5.41) is 13.3. The van der Waals surface area contributed by atoms with E-state index in [1.54, 1.807) is 12.1 Å². The second-order valence-corrected chi connectivity index (χ2v) is 5.62. The quantitative estimate of drug-likeness (QED) is 0.514. The van der Waals surface area contributed by atoms with Gasteiger partial charge in [0.2, 0.25) is 0 Å². The van der Waals surface area contributed by atoms with Crippen molar-refractivity contribution in [2.75, 3.05) is 16.8 Å². The minimum Gasteiger partial charge on any atom is -0.316 e. The Morgan fingerprint density at radius 3 is 2.71 bits per heavy atom. The van der Waals surface area contributed by atoms with E-state index in [1.807, 2.05) is 12.1 Å². The van der Waals surface area contributed by atoms with Crippen molar-refractivity contribution >= 4 is 40.5 Å². The van der Waals surface area contributed by atoms with Crippen molar-refractivity contribution in [1.82, 2.24) is 0 Å².